The average molecular weight is 514 g/mol. The molecule has 6 N–H and O–H groups in total. The summed E-state index contributed by atoms with van der Waals surface area (Å²) in [5, 5.41) is 17.0. The van der Waals surface area contributed by atoms with Crippen LogP contribution >= 0.6 is 24.8 Å². The number of anilines is 3. The molecule has 0 saturated heterocycles. The van der Waals surface area contributed by atoms with Gasteiger partial charge in [0.1, 0.15) is 23.2 Å². The molecule has 0 bridgehead atoms. The summed E-state index contributed by atoms with van der Waals surface area (Å²) in [6.07, 6.45) is 0. The van der Waals surface area contributed by atoms with Crippen LogP contribution in [-0.2, 0) is 13.1 Å². The Morgan fingerprint density at radius 1 is 0.914 bits per heavy atom. The predicted molar refractivity (Wildman–Crippen MR) is 145 cm³/mol. The molecule has 1 heterocycles. The Morgan fingerprint density at radius 3 is 2.00 bits per heavy atom. The maximum atomic E-state index is 9.40. The third kappa shape index (κ3) is 8.52. The van der Waals surface area contributed by atoms with Crippen LogP contribution in [0.2, 0.25) is 0 Å². The molecule has 0 spiro atoms. The van der Waals surface area contributed by atoms with Crippen molar-refractivity contribution in [1.29, 1.82) is 5.26 Å². The van der Waals surface area contributed by atoms with Crippen LogP contribution in [0, 0.1) is 11.3 Å². The SMILES string of the molecule is COc1ccc(Nc2nn(Cc3ccccc3)c(N)c2C#N)cc1.Cl.Cl.NNCc1ccccc1. The molecule has 4 aromatic rings. The number of hydrazine groups is 1. The Labute approximate surface area is 217 Å². The zero-order valence-corrected chi connectivity index (χ0v) is 20.9. The lowest BCUT2D eigenvalue weighted by Crippen LogP contribution is -2.20. The normalized spacial score (nSPS) is 9.40. The second kappa shape index (κ2) is 15.2. The van der Waals surface area contributed by atoms with Gasteiger partial charge in [0.15, 0.2) is 5.82 Å². The Balaban J connectivity index is 0.000000474. The molecule has 0 unspecified atom stereocenters. The monoisotopic (exact) mass is 513 g/mol. The first-order valence-electron chi connectivity index (χ1n) is 10.3. The number of nitrogens with zero attached hydrogens (tertiary/aromatic N) is 3. The molecule has 10 heteroatoms. The van der Waals surface area contributed by atoms with E-state index < -0.39 is 0 Å². The smallest absolute Gasteiger partial charge is 0.172 e. The van der Waals surface area contributed by atoms with Gasteiger partial charge in [-0.25, -0.2) is 4.68 Å². The molecule has 4 rings (SSSR count). The van der Waals surface area contributed by atoms with E-state index in [4.69, 9.17) is 16.3 Å². The molecule has 0 fully saturated rings. The van der Waals surface area contributed by atoms with Crippen molar-refractivity contribution in [3.8, 4) is 11.8 Å². The fraction of sp³-hybridized carbons (Fsp3) is 0.120. The van der Waals surface area contributed by atoms with Crippen LogP contribution < -0.4 is 27.1 Å². The van der Waals surface area contributed by atoms with Crippen LogP contribution in [0.1, 0.15) is 16.7 Å². The minimum Gasteiger partial charge on any atom is -0.497 e. The van der Waals surface area contributed by atoms with Crippen molar-refractivity contribution < 1.29 is 4.74 Å². The lowest BCUT2D eigenvalue weighted by Gasteiger charge is -2.05. The highest BCUT2D eigenvalue weighted by Gasteiger charge is 2.16. The number of nitrogens with two attached hydrogens (primary N) is 2. The number of ether oxygens (including phenoxy) is 1. The Morgan fingerprint density at radius 2 is 1.49 bits per heavy atom. The van der Waals surface area contributed by atoms with E-state index in [0.717, 1.165) is 23.5 Å². The van der Waals surface area contributed by atoms with E-state index in [1.165, 1.54) is 5.56 Å². The number of hydrogen-bond donors (Lipinski definition) is 4. The van der Waals surface area contributed by atoms with Gasteiger partial charge in [0.05, 0.1) is 13.7 Å². The third-order valence-corrected chi connectivity index (χ3v) is 4.78. The molecule has 35 heavy (non-hydrogen) atoms. The van der Waals surface area contributed by atoms with E-state index in [9.17, 15) is 5.26 Å². The zero-order chi connectivity index (χ0) is 23.5. The molecule has 1 aromatic heterocycles. The van der Waals surface area contributed by atoms with Gasteiger partial charge in [-0.1, -0.05) is 60.7 Å². The summed E-state index contributed by atoms with van der Waals surface area (Å²) < 4.78 is 6.76. The average Bonchev–Trinajstić information content (AvgIpc) is 3.15. The summed E-state index contributed by atoms with van der Waals surface area (Å²) in [5.74, 6) is 6.66. The van der Waals surface area contributed by atoms with Gasteiger partial charge in [-0.15, -0.1) is 24.8 Å². The van der Waals surface area contributed by atoms with Crippen molar-refractivity contribution in [3.05, 3.63) is 102 Å². The first-order chi connectivity index (χ1) is 16.1. The summed E-state index contributed by atoms with van der Waals surface area (Å²) in [5.41, 5.74) is 12.1. The lowest BCUT2D eigenvalue weighted by molar-refractivity contribution is 0.415. The predicted octanol–water partition coefficient (Wildman–Crippen LogP) is 4.63. The summed E-state index contributed by atoms with van der Waals surface area (Å²) in [7, 11) is 1.61. The highest BCUT2D eigenvalue weighted by atomic mass is 35.5. The molecule has 0 radical (unpaired) electrons. The minimum atomic E-state index is 0. The molecule has 0 saturated carbocycles. The number of methoxy groups -OCH3 is 1. The van der Waals surface area contributed by atoms with Crippen LogP contribution in [-0.4, -0.2) is 16.9 Å². The highest BCUT2D eigenvalue weighted by Crippen LogP contribution is 2.26. The van der Waals surface area contributed by atoms with E-state index in [0.29, 0.717) is 23.7 Å². The number of aromatic nitrogens is 2. The largest absolute Gasteiger partial charge is 0.497 e. The van der Waals surface area contributed by atoms with Crippen molar-refractivity contribution in [3.63, 3.8) is 0 Å². The van der Waals surface area contributed by atoms with Gasteiger partial charge >= 0.3 is 0 Å². The van der Waals surface area contributed by atoms with E-state index in [1.54, 1.807) is 11.8 Å². The van der Waals surface area contributed by atoms with Crippen LogP contribution in [0.5, 0.6) is 5.75 Å². The Hall–Kier alpha value is -3.74. The standard InChI is InChI=1S/C18H17N5O.C7H10N2.2ClH/c1-24-15-9-7-14(8-10-15)21-18-16(11-19)17(20)23(22-18)12-13-5-3-2-4-6-13;8-9-6-7-4-2-1-3-5-7;;/h2-10H,12,20H2,1H3,(H,21,22);1-5,9H,6,8H2;2*1H. The Bertz CT molecular complexity index is 1180. The second-order valence-electron chi connectivity index (χ2n) is 7.08. The summed E-state index contributed by atoms with van der Waals surface area (Å²) in [6, 6.07) is 29.4. The number of nitrogen functional groups attached to an aromatic ring is 1. The number of benzene rings is 3. The third-order valence-electron chi connectivity index (χ3n) is 4.78. The first-order valence-corrected chi connectivity index (χ1v) is 10.3. The molecule has 184 valence electrons. The van der Waals surface area contributed by atoms with Crippen molar-refractivity contribution in [2.45, 2.75) is 13.1 Å². The molecule has 0 aliphatic carbocycles. The van der Waals surface area contributed by atoms with E-state index in [2.05, 4.69) is 21.9 Å². The minimum absolute atomic E-state index is 0. The van der Waals surface area contributed by atoms with Gasteiger partial charge < -0.3 is 15.8 Å². The molecule has 0 atom stereocenters. The van der Waals surface area contributed by atoms with E-state index >= 15 is 0 Å². The maximum Gasteiger partial charge on any atom is 0.172 e. The van der Waals surface area contributed by atoms with Gasteiger partial charge in [-0.05, 0) is 35.4 Å². The van der Waals surface area contributed by atoms with E-state index in [1.807, 2.05) is 84.9 Å². The second-order valence-corrected chi connectivity index (χ2v) is 7.08. The van der Waals surface area contributed by atoms with Gasteiger partial charge in [0, 0.05) is 12.2 Å². The topological polar surface area (TPSA) is 127 Å². The fourth-order valence-corrected chi connectivity index (χ4v) is 3.07. The van der Waals surface area contributed by atoms with Gasteiger partial charge in [-0.2, -0.15) is 10.4 Å². The lowest BCUT2D eigenvalue weighted by atomic mass is 10.2. The van der Waals surface area contributed by atoms with Crippen LogP contribution in [0.25, 0.3) is 0 Å². The van der Waals surface area contributed by atoms with E-state index in [-0.39, 0.29) is 24.8 Å². The maximum absolute atomic E-state index is 9.40. The van der Waals surface area contributed by atoms with Gasteiger partial charge in [0.25, 0.3) is 0 Å². The molecule has 8 nitrogen and oxygen atoms in total. The molecular formula is C25H29Cl2N7O. The summed E-state index contributed by atoms with van der Waals surface area (Å²) in [4.78, 5) is 0. The highest BCUT2D eigenvalue weighted by molar-refractivity contribution is 5.85. The Kier molecular flexibility index (Phi) is 12.7. The van der Waals surface area contributed by atoms with Crippen molar-refractivity contribution in [2.75, 3.05) is 18.2 Å². The van der Waals surface area contributed by atoms with Gasteiger partial charge in [-0.3, -0.25) is 11.3 Å². The molecule has 3 aromatic carbocycles. The quantitative estimate of drug-likeness (QED) is 0.209. The first kappa shape index (κ1) is 29.3. The number of halogens is 2. The van der Waals surface area contributed by atoms with Crippen LogP contribution in [0.4, 0.5) is 17.3 Å². The molecule has 0 aliphatic rings. The van der Waals surface area contributed by atoms with Crippen LogP contribution in [0.3, 0.4) is 0 Å². The van der Waals surface area contributed by atoms with Crippen LogP contribution in [0.15, 0.2) is 84.9 Å². The zero-order valence-electron chi connectivity index (χ0n) is 19.2. The number of nitriles is 1. The molecular weight excluding hydrogens is 485 g/mol. The van der Waals surface area contributed by atoms with Crippen molar-refractivity contribution in [2.24, 2.45) is 5.84 Å². The number of rotatable bonds is 7. The number of hydrogen-bond acceptors (Lipinski definition) is 7. The summed E-state index contributed by atoms with van der Waals surface area (Å²) >= 11 is 0. The fourth-order valence-electron chi connectivity index (χ4n) is 3.07. The van der Waals surface area contributed by atoms with Crippen molar-refractivity contribution >= 4 is 42.1 Å². The molecule has 0 amide bonds. The molecule has 0 aliphatic heterocycles. The van der Waals surface area contributed by atoms with Crippen molar-refractivity contribution in [1.82, 2.24) is 15.2 Å². The number of nitrogens with one attached hydrogen (secondary N) is 2. The van der Waals surface area contributed by atoms with Gasteiger partial charge in [0.2, 0.25) is 0 Å². The summed E-state index contributed by atoms with van der Waals surface area (Å²) in [6.45, 7) is 1.24.